The number of hydrogen-bond donors (Lipinski definition) is 0. The molecule has 1 aromatic heterocycles. The van der Waals surface area contributed by atoms with Crippen molar-refractivity contribution in [3.05, 3.63) is 69.6 Å². The molecule has 1 fully saturated rings. The van der Waals surface area contributed by atoms with Crippen LogP contribution in [0.1, 0.15) is 16.8 Å². The number of carbonyl (C=O) groups is 1. The molecule has 28 heavy (non-hydrogen) atoms. The predicted octanol–water partition coefficient (Wildman–Crippen LogP) is 4.20. The summed E-state index contributed by atoms with van der Waals surface area (Å²) in [6.07, 6.45) is 0.430. The molecular weight excluding hydrogens is 374 g/mol. The van der Waals surface area contributed by atoms with Crippen LogP contribution in [-0.2, 0) is 0 Å². The lowest BCUT2D eigenvalue weighted by molar-refractivity contribution is -0.384. The first-order chi connectivity index (χ1) is 13.6. The molecule has 0 spiro atoms. The Morgan fingerprint density at radius 1 is 1.07 bits per heavy atom. The number of nitro benzene ring substituents is 1. The van der Waals surface area contributed by atoms with Crippen LogP contribution in [-0.4, -0.2) is 48.3 Å². The fourth-order valence-electron chi connectivity index (χ4n) is 3.61. The van der Waals surface area contributed by atoms with Crippen molar-refractivity contribution in [2.75, 3.05) is 37.6 Å². The third kappa shape index (κ3) is 3.90. The van der Waals surface area contributed by atoms with E-state index in [2.05, 4.69) is 34.1 Å². The Morgan fingerprint density at radius 3 is 2.54 bits per heavy atom. The topological polar surface area (TPSA) is 66.7 Å². The number of piperazine rings is 1. The monoisotopic (exact) mass is 395 g/mol. The molecule has 7 heteroatoms. The lowest BCUT2D eigenvalue weighted by Crippen LogP contribution is -2.46. The molecule has 4 rings (SSSR count). The van der Waals surface area contributed by atoms with Crippen LogP contribution in [0.4, 0.5) is 11.4 Å². The number of benzene rings is 2. The van der Waals surface area contributed by atoms with Crippen molar-refractivity contribution >= 4 is 38.6 Å². The molecule has 1 saturated heterocycles. The Labute approximate surface area is 167 Å². The van der Waals surface area contributed by atoms with Gasteiger partial charge in [-0.1, -0.05) is 18.2 Å². The maximum Gasteiger partial charge on any atom is 0.270 e. The Bertz CT molecular complexity index is 995. The first-order valence-corrected chi connectivity index (χ1v) is 10.2. The maximum absolute atomic E-state index is 12.7. The van der Waals surface area contributed by atoms with Gasteiger partial charge in [0.25, 0.3) is 5.69 Å². The summed E-state index contributed by atoms with van der Waals surface area (Å²) in [5, 5.41) is 13.5. The van der Waals surface area contributed by atoms with Crippen molar-refractivity contribution in [2.24, 2.45) is 0 Å². The smallest absolute Gasteiger partial charge is 0.270 e. The van der Waals surface area contributed by atoms with Gasteiger partial charge in [-0.25, -0.2) is 0 Å². The molecule has 0 amide bonds. The molecule has 1 aliphatic rings. The van der Waals surface area contributed by atoms with Gasteiger partial charge in [0.05, 0.1) is 4.92 Å². The summed E-state index contributed by atoms with van der Waals surface area (Å²) >= 11 is 1.46. The van der Waals surface area contributed by atoms with Crippen molar-refractivity contribution in [1.82, 2.24) is 4.90 Å². The van der Waals surface area contributed by atoms with Crippen LogP contribution < -0.4 is 4.90 Å². The molecule has 0 saturated carbocycles. The lowest BCUT2D eigenvalue weighted by atomic mass is 10.1. The van der Waals surface area contributed by atoms with E-state index in [0.29, 0.717) is 23.9 Å². The molecule has 6 nitrogen and oxygen atoms in total. The second-order valence-corrected chi connectivity index (χ2v) is 7.84. The summed E-state index contributed by atoms with van der Waals surface area (Å²) in [7, 11) is 0. The van der Waals surface area contributed by atoms with E-state index >= 15 is 0 Å². The van der Waals surface area contributed by atoms with E-state index in [1.54, 1.807) is 6.07 Å². The maximum atomic E-state index is 12.7. The summed E-state index contributed by atoms with van der Waals surface area (Å²) in [6.45, 7) is 4.47. The third-order valence-corrected chi connectivity index (χ3v) is 6.18. The molecule has 0 N–H and O–H groups in total. The van der Waals surface area contributed by atoms with Crippen molar-refractivity contribution in [3.8, 4) is 0 Å². The van der Waals surface area contributed by atoms with E-state index in [0.717, 1.165) is 30.9 Å². The molecule has 1 aliphatic heterocycles. The van der Waals surface area contributed by atoms with Crippen LogP contribution >= 0.6 is 11.3 Å². The van der Waals surface area contributed by atoms with E-state index in [1.165, 1.54) is 29.2 Å². The van der Waals surface area contributed by atoms with Gasteiger partial charge in [-0.2, -0.15) is 0 Å². The van der Waals surface area contributed by atoms with Crippen molar-refractivity contribution in [2.45, 2.75) is 6.42 Å². The number of fused-ring (bicyclic) bond motifs is 1. The minimum absolute atomic E-state index is 0.0250. The van der Waals surface area contributed by atoms with Gasteiger partial charge in [0.2, 0.25) is 0 Å². The fraction of sp³-hybridized carbons (Fsp3) is 0.286. The van der Waals surface area contributed by atoms with Crippen LogP contribution in [0.15, 0.2) is 53.9 Å². The highest BCUT2D eigenvalue weighted by molar-refractivity contribution is 7.17. The average molecular weight is 395 g/mol. The van der Waals surface area contributed by atoms with E-state index in [9.17, 15) is 14.9 Å². The zero-order valence-electron chi connectivity index (χ0n) is 15.4. The van der Waals surface area contributed by atoms with Crippen LogP contribution in [0.5, 0.6) is 0 Å². The van der Waals surface area contributed by atoms with Gasteiger partial charge < -0.3 is 4.90 Å². The second-order valence-electron chi connectivity index (χ2n) is 6.92. The molecule has 0 atom stereocenters. The van der Waals surface area contributed by atoms with Gasteiger partial charge in [-0.3, -0.25) is 19.8 Å². The number of ketones is 1. The minimum atomic E-state index is -0.419. The number of rotatable bonds is 6. The minimum Gasteiger partial charge on any atom is -0.369 e. The van der Waals surface area contributed by atoms with Crippen LogP contribution in [0.25, 0.3) is 10.1 Å². The van der Waals surface area contributed by atoms with Crippen LogP contribution in [0.3, 0.4) is 0 Å². The Balaban J connectivity index is 1.36. The second kappa shape index (κ2) is 8.08. The fourth-order valence-corrected chi connectivity index (χ4v) is 4.56. The number of Topliss-reactive ketones (excluding diaryl/α,β-unsaturated/α-hetero) is 1. The zero-order chi connectivity index (χ0) is 19.5. The summed E-state index contributed by atoms with van der Waals surface area (Å²) in [6, 6.07) is 15.1. The van der Waals surface area contributed by atoms with Gasteiger partial charge in [-0.05, 0) is 18.2 Å². The number of non-ortho nitro benzene ring substituents is 1. The Hall–Kier alpha value is -2.77. The molecule has 2 heterocycles. The standard InChI is InChI=1S/C21H21N3O3S/c25-20(19-15-28-21-7-6-17(24(26)27)14-18(19)21)8-9-22-10-12-23(13-11-22)16-4-2-1-3-5-16/h1-7,14-15H,8-13H2. The summed E-state index contributed by atoms with van der Waals surface area (Å²) < 4.78 is 0.908. The highest BCUT2D eigenvalue weighted by atomic mass is 32.1. The number of thiophene rings is 1. The van der Waals surface area contributed by atoms with E-state index in [-0.39, 0.29) is 11.5 Å². The number of nitrogens with zero attached hydrogens (tertiary/aromatic N) is 3. The van der Waals surface area contributed by atoms with Crippen molar-refractivity contribution < 1.29 is 9.72 Å². The van der Waals surface area contributed by atoms with E-state index < -0.39 is 4.92 Å². The molecule has 144 valence electrons. The van der Waals surface area contributed by atoms with Crippen molar-refractivity contribution in [3.63, 3.8) is 0 Å². The van der Waals surface area contributed by atoms with Crippen LogP contribution in [0, 0.1) is 10.1 Å². The zero-order valence-corrected chi connectivity index (χ0v) is 16.2. The van der Waals surface area contributed by atoms with Gasteiger partial charge in [0.15, 0.2) is 5.78 Å². The Kier molecular flexibility index (Phi) is 5.36. The number of anilines is 1. The molecular formula is C21H21N3O3S. The van der Waals surface area contributed by atoms with Gasteiger partial charge >= 0.3 is 0 Å². The Morgan fingerprint density at radius 2 is 1.82 bits per heavy atom. The van der Waals surface area contributed by atoms with Crippen molar-refractivity contribution in [1.29, 1.82) is 0 Å². The highest BCUT2D eigenvalue weighted by Gasteiger charge is 2.20. The van der Waals surface area contributed by atoms with Gasteiger partial charge in [-0.15, -0.1) is 11.3 Å². The SMILES string of the molecule is O=C(CCN1CCN(c2ccccc2)CC1)c1csc2ccc([N+](=O)[O-])cc12. The normalized spacial score (nSPS) is 15.1. The van der Waals surface area contributed by atoms with Crippen LogP contribution in [0.2, 0.25) is 0 Å². The number of para-hydroxylation sites is 1. The first kappa shape index (κ1) is 18.6. The summed E-state index contributed by atoms with van der Waals surface area (Å²) in [4.78, 5) is 28.0. The number of nitro groups is 1. The molecule has 3 aromatic rings. The molecule has 0 radical (unpaired) electrons. The van der Waals surface area contributed by atoms with E-state index in [1.807, 2.05) is 11.4 Å². The molecule has 0 bridgehead atoms. The molecule has 0 unspecified atom stereocenters. The lowest BCUT2D eigenvalue weighted by Gasteiger charge is -2.36. The quantitative estimate of drug-likeness (QED) is 0.355. The third-order valence-electron chi connectivity index (χ3n) is 5.22. The predicted molar refractivity (Wildman–Crippen MR) is 113 cm³/mol. The summed E-state index contributed by atoms with van der Waals surface area (Å²) in [5.74, 6) is 0.0530. The highest BCUT2D eigenvalue weighted by Crippen LogP contribution is 2.30. The van der Waals surface area contributed by atoms with Gasteiger partial charge in [0.1, 0.15) is 0 Å². The van der Waals surface area contributed by atoms with E-state index in [4.69, 9.17) is 0 Å². The first-order valence-electron chi connectivity index (χ1n) is 9.33. The molecule has 2 aromatic carbocycles. The summed E-state index contributed by atoms with van der Waals surface area (Å²) in [5.41, 5.74) is 1.87. The average Bonchev–Trinajstić information content (AvgIpc) is 3.16. The number of carbonyl (C=O) groups excluding carboxylic acids is 1. The molecule has 0 aliphatic carbocycles. The largest absolute Gasteiger partial charge is 0.369 e. The van der Waals surface area contributed by atoms with Gasteiger partial charge in [0, 0.05) is 78.0 Å². The number of hydrogen-bond acceptors (Lipinski definition) is 6.